The van der Waals surface area contributed by atoms with Gasteiger partial charge in [-0.3, -0.25) is 9.78 Å². The molecule has 7 heteroatoms. The molecule has 18 heavy (non-hydrogen) atoms. The molecule has 3 rings (SSSR count). The number of hydrogen-bond acceptors (Lipinski definition) is 4. The largest absolute Gasteiger partial charge is 0.312 e. The van der Waals surface area contributed by atoms with E-state index in [4.69, 9.17) is 11.6 Å². The van der Waals surface area contributed by atoms with E-state index in [1.807, 2.05) is 6.26 Å². The normalized spacial score (nSPS) is 11.2. The molecule has 1 aromatic carbocycles. The molecule has 90 valence electrons. The Labute approximate surface area is 111 Å². The Bertz CT molecular complexity index is 817. The third kappa shape index (κ3) is 1.74. The maximum atomic E-state index is 12.1. The van der Waals surface area contributed by atoms with Gasteiger partial charge < -0.3 is 0 Å². The molecule has 5 nitrogen and oxygen atoms in total. The molecule has 1 N–H and O–H groups in total. The highest BCUT2D eigenvalue weighted by molar-refractivity contribution is 7.98. The Kier molecular flexibility index (Phi) is 2.68. The molecule has 0 aliphatic heterocycles. The number of thioether (sulfide) groups is 1. The van der Waals surface area contributed by atoms with Gasteiger partial charge in [0.1, 0.15) is 0 Å². The van der Waals surface area contributed by atoms with E-state index in [1.54, 1.807) is 18.2 Å². The van der Waals surface area contributed by atoms with Crippen molar-refractivity contribution >= 4 is 39.8 Å². The minimum absolute atomic E-state index is 0.205. The van der Waals surface area contributed by atoms with Crippen LogP contribution in [0.2, 0.25) is 5.02 Å². The van der Waals surface area contributed by atoms with Crippen molar-refractivity contribution in [3.8, 4) is 0 Å². The molecule has 2 heterocycles. The number of rotatable bonds is 1. The summed E-state index contributed by atoms with van der Waals surface area (Å²) in [7, 11) is 0. The number of nitrogens with zero attached hydrogens (tertiary/aromatic N) is 3. The second kappa shape index (κ2) is 4.22. The number of benzene rings is 1. The zero-order valence-electron chi connectivity index (χ0n) is 9.35. The number of H-pyrrole nitrogens is 1. The molecule has 0 saturated carbocycles. The van der Waals surface area contributed by atoms with Gasteiger partial charge >= 0.3 is 11.9 Å². The SMILES string of the molecule is CSc1n[n+]2cnc3ccc(Cl)cc3c2c(=O)[nH]1. The maximum Gasteiger partial charge on any atom is 0.312 e. The Balaban J connectivity index is 2.54. The summed E-state index contributed by atoms with van der Waals surface area (Å²) in [6, 6.07) is 5.24. The number of nitrogens with one attached hydrogen (secondary N) is 1. The van der Waals surface area contributed by atoms with Gasteiger partial charge in [0.2, 0.25) is 10.7 Å². The summed E-state index contributed by atoms with van der Waals surface area (Å²) in [4.78, 5) is 19.0. The van der Waals surface area contributed by atoms with E-state index in [9.17, 15) is 4.79 Å². The van der Waals surface area contributed by atoms with Crippen molar-refractivity contribution in [1.82, 2.24) is 15.1 Å². The summed E-state index contributed by atoms with van der Waals surface area (Å²) in [5, 5.41) is 6.04. The van der Waals surface area contributed by atoms with Crippen LogP contribution in [0.4, 0.5) is 0 Å². The van der Waals surface area contributed by atoms with Crippen LogP contribution in [-0.2, 0) is 0 Å². The molecule has 2 aromatic heterocycles. The van der Waals surface area contributed by atoms with E-state index in [0.29, 0.717) is 26.6 Å². The van der Waals surface area contributed by atoms with Gasteiger partial charge in [0, 0.05) is 5.02 Å². The lowest BCUT2D eigenvalue weighted by Crippen LogP contribution is -2.35. The van der Waals surface area contributed by atoms with E-state index in [-0.39, 0.29) is 5.56 Å². The Morgan fingerprint density at radius 1 is 1.44 bits per heavy atom. The van der Waals surface area contributed by atoms with Gasteiger partial charge in [0.25, 0.3) is 0 Å². The Hall–Kier alpha value is -1.66. The topological polar surface area (TPSA) is 62.7 Å². The van der Waals surface area contributed by atoms with Crippen LogP contribution in [0.15, 0.2) is 34.5 Å². The van der Waals surface area contributed by atoms with Crippen LogP contribution in [-0.4, -0.2) is 21.3 Å². The fourth-order valence-corrected chi connectivity index (χ4v) is 2.32. The van der Waals surface area contributed by atoms with Gasteiger partial charge in [-0.2, -0.15) is 0 Å². The molecule has 0 unspecified atom stereocenters. The zero-order chi connectivity index (χ0) is 12.7. The summed E-state index contributed by atoms with van der Waals surface area (Å²) in [5.74, 6) is 0. The third-order valence-electron chi connectivity index (χ3n) is 2.58. The smallest absolute Gasteiger partial charge is 0.295 e. The molecule has 0 aliphatic rings. The molecule has 0 amide bonds. The average molecular weight is 280 g/mol. The number of hydrogen-bond donors (Lipinski definition) is 1. The van der Waals surface area contributed by atoms with E-state index in [0.717, 1.165) is 0 Å². The van der Waals surface area contributed by atoms with Gasteiger partial charge in [0.05, 0.1) is 5.39 Å². The molecular weight excluding hydrogens is 272 g/mol. The van der Waals surface area contributed by atoms with Crippen LogP contribution in [0.3, 0.4) is 0 Å². The van der Waals surface area contributed by atoms with Crippen molar-refractivity contribution in [2.75, 3.05) is 6.26 Å². The molecule has 3 aromatic rings. The zero-order valence-corrected chi connectivity index (χ0v) is 10.9. The lowest BCUT2D eigenvalue weighted by Gasteiger charge is -1.98. The maximum absolute atomic E-state index is 12.1. The average Bonchev–Trinajstić information content (AvgIpc) is 2.37. The molecular formula is C11H8ClN4OS+. The molecule has 0 atom stereocenters. The number of aromatic nitrogens is 4. The first-order chi connectivity index (χ1) is 8.69. The number of halogens is 1. The lowest BCUT2D eigenvalue weighted by molar-refractivity contribution is -0.589. The van der Waals surface area contributed by atoms with Crippen LogP contribution >= 0.6 is 23.4 Å². The second-order valence-electron chi connectivity index (χ2n) is 3.66. The highest BCUT2D eigenvalue weighted by atomic mass is 35.5. The summed E-state index contributed by atoms with van der Waals surface area (Å²) in [6.07, 6.45) is 3.37. The Morgan fingerprint density at radius 2 is 2.28 bits per heavy atom. The lowest BCUT2D eigenvalue weighted by atomic mass is 10.2. The molecule has 0 spiro atoms. The summed E-state index contributed by atoms with van der Waals surface area (Å²) >= 11 is 7.32. The van der Waals surface area contributed by atoms with Crippen LogP contribution in [0.25, 0.3) is 16.4 Å². The first-order valence-corrected chi connectivity index (χ1v) is 6.73. The van der Waals surface area contributed by atoms with Crippen molar-refractivity contribution in [2.24, 2.45) is 0 Å². The quantitative estimate of drug-likeness (QED) is 0.416. The van der Waals surface area contributed by atoms with E-state index >= 15 is 0 Å². The molecule has 0 fully saturated rings. The van der Waals surface area contributed by atoms with Crippen molar-refractivity contribution in [2.45, 2.75) is 5.16 Å². The van der Waals surface area contributed by atoms with Crippen LogP contribution in [0, 0.1) is 0 Å². The molecule has 0 bridgehead atoms. The van der Waals surface area contributed by atoms with Crippen LogP contribution < -0.4 is 10.1 Å². The first kappa shape index (κ1) is 11.4. The van der Waals surface area contributed by atoms with Gasteiger partial charge in [-0.1, -0.05) is 33.0 Å². The van der Waals surface area contributed by atoms with Gasteiger partial charge in [-0.25, -0.2) is 0 Å². The highest BCUT2D eigenvalue weighted by Gasteiger charge is 2.15. The second-order valence-corrected chi connectivity index (χ2v) is 4.89. The standard InChI is InChI=1S/C11H7ClN4OS/c1-18-11-14-10(17)9-7-4-6(12)2-3-8(7)13-5-16(9)15-11/h2-5H,1H3/p+1. The number of aromatic amines is 1. The molecule has 0 radical (unpaired) electrons. The van der Waals surface area contributed by atoms with Gasteiger partial charge in [-0.05, 0) is 29.4 Å². The fourth-order valence-electron chi connectivity index (χ4n) is 1.78. The molecule has 0 aliphatic carbocycles. The predicted octanol–water partition coefficient (Wildman–Crippen LogP) is 1.43. The van der Waals surface area contributed by atoms with E-state index < -0.39 is 0 Å². The predicted molar refractivity (Wildman–Crippen MR) is 70.1 cm³/mol. The van der Waals surface area contributed by atoms with Gasteiger partial charge in [-0.15, -0.1) is 0 Å². The van der Waals surface area contributed by atoms with Gasteiger partial charge in [0.15, 0.2) is 5.52 Å². The molecule has 0 saturated heterocycles. The van der Waals surface area contributed by atoms with Crippen molar-refractivity contribution < 1.29 is 4.52 Å². The Morgan fingerprint density at radius 3 is 3.06 bits per heavy atom. The first-order valence-electron chi connectivity index (χ1n) is 5.13. The summed E-state index contributed by atoms with van der Waals surface area (Å²) < 4.78 is 1.48. The minimum Gasteiger partial charge on any atom is -0.295 e. The van der Waals surface area contributed by atoms with Crippen molar-refractivity contribution in [3.63, 3.8) is 0 Å². The summed E-state index contributed by atoms with van der Waals surface area (Å²) in [6.45, 7) is 0. The number of fused-ring (bicyclic) bond motifs is 3. The minimum atomic E-state index is -0.205. The van der Waals surface area contributed by atoms with Crippen molar-refractivity contribution in [1.29, 1.82) is 0 Å². The van der Waals surface area contributed by atoms with E-state index in [2.05, 4.69) is 15.1 Å². The highest BCUT2D eigenvalue weighted by Crippen LogP contribution is 2.18. The fraction of sp³-hybridized carbons (Fsp3) is 0.0909. The van der Waals surface area contributed by atoms with Crippen LogP contribution in [0.1, 0.15) is 0 Å². The third-order valence-corrected chi connectivity index (χ3v) is 3.38. The van der Waals surface area contributed by atoms with Crippen LogP contribution in [0.5, 0.6) is 0 Å². The monoisotopic (exact) mass is 279 g/mol. The van der Waals surface area contributed by atoms with E-state index in [1.165, 1.54) is 22.6 Å². The summed E-state index contributed by atoms with van der Waals surface area (Å²) in [5.41, 5.74) is 0.952. The van der Waals surface area contributed by atoms with Crippen molar-refractivity contribution in [3.05, 3.63) is 39.9 Å².